The first kappa shape index (κ1) is 21.9. The highest BCUT2D eigenvalue weighted by Crippen LogP contribution is 2.33. The van der Waals surface area contributed by atoms with E-state index in [-0.39, 0.29) is 11.5 Å². The molecule has 0 N–H and O–H groups in total. The molecule has 0 bridgehead atoms. The van der Waals surface area contributed by atoms with Gasteiger partial charge in [-0.15, -0.1) is 0 Å². The molecule has 32 heavy (non-hydrogen) atoms. The van der Waals surface area contributed by atoms with E-state index in [0.29, 0.717) is 27.8 Å². The van der Waals surface area contributed by atoms with E-state index in [4.69, 9.17) is 9.47 Å². The first-order valence-corrected chi connectivity index (χ1v) is 11.3. The van der Waals surface area contributed by atoms with Crippen molar-refractivity contribution in [2.24, 2.45) is 0 Å². The first-order valence-electron chi connectivity index (χ1n) is 11.3. The monoisotopic (exact) mass is 434 g/mol. The van der Waals surface area contributed by atoms with Gasteiger partial charge in [-0.05, 0) is 49.1 Å². The Morgan fingerprint density at radius 3 is 2.06 bits per heavy atom. The summed E-state index contributed by atoms with van der Waals surface area (Å²) in [6, 6.07) is 11.3. The quantitative estimate of drug-likeness (QED) is 0.589. The summed E-state index contributed by atoms with van der Waals surface area (Å²) in [6.07, 6.45) is 6.88. The normalized spacial score (nSPS) is 14.3. The van der Waals surface area contributed by atoms with Crippen LogP contribution in [0.2, 0.25) is 0 Å². The number of ether oxygens (including phenoxy) is 2. The highest BCUT2D eigenvalue weighted by atomic mass is 16.5. The molecule has 2 heterocycles. The third-order valence-electron chi connectivity index (χ3n) is 6.27. The smallest absolute Gasteiger partial charge is 0.263 e. The summed E-state index contributed by atoms with van der Waals surface area (Å²) >= 11 is 0. The molecule has 1 aromatic heterocycles. The Morgan fingerprint density at radius 1 is 0.906 bits per heavy atom. The fourth-order valence-electron chi connectivity index (χ4n) is 4.36. The van der Waals surface area contributed by atoms with Crippen molar-refractivity contribution < 1.29 is 14.3 Å². The van der Waals surface area contributed by atoms with Gasteiger partial charge in [-0.25, -0.2) is 0 Å². The maximum absolute atomic E-state index is 13.7. The number of pyridine rings is 1. The first-order chi connectivity index (χ1) is 15.6. The average molecular weight is 435 g/mol. The van der Waals surface area contributed by atoms with E-state index in [1.807, 2.05) is 29.2 Å². The van der Waals surface area contributed by atoms with Gasteiger partial charge in [0.15, 0.2) is 11.5 Å². The van der Waals surface area contributed by atoms with Gasteiger partial charge in [-0.3, -0.25) is 14.2 Å². The predicted molar refractivity (Wildman–Crippen MR) is 126 cm³/mol. The second kappa shape index (κ2) is 9.47. The second-order valence-electron chi connectivity index (χ2n) is 8.20. The van der Waals surface area contributed by atoms with E-state index < -0.39 is 0 Å². The van der Waals surface area contributed by atoms with Crippen LogP contribution in [0.3, 0.4) is 0 Å². The lowest BCUT2D eigenvalue weighted by Crippen LogP contribution is -2.33. The summed E-state index contributed by atoms with van der Waals surface area (Å²) in [5.41, 5.74) is 2.23. The SMILES string of the molecule is CCc1ccc(-n2cc(C(=O)N3CCCCCC3)c3cc(OC)c(OC)cc3c2=O)cc1. The number of benzene rings is 2. The number of hydrogen-bond donors (Lipinski definition) is 0. The molecule has 1 amide bonds. The zero-order valence-corrected chi connectivity index (χ0v) is 19.0. The molecule has 6 nitrogen and oxygen atoms in total. The molecule has 1 aliphatic heterocycles. The number of carbonyl (C=O) groups excluding carboxylic acids is 1. The van der Waals surface area contributed by atoms with Crippen LogP contribution in [0.4, 0.5) is 0 Å². The zero-order valence-electron chi connectivity index (χ0n) is 19.0. The highest BCUT2D eigenvalue weighted by molar-refractivity contribution is 6.07. The molecule has 0 unspecified atom stereocenters. The Kier molecular flexibility index (Phi) is 6.49. The molecule has 0 saturated carbocycles. The van der Waals surface area contributed by atoms with E-state index >= 15 is 0 Å². The number of carbonyl (C=O) groups is 1. The molecular weight excluding hydrogens is 404 g/mol. The number of amides is 1. The van der Waals surface area contributed by atoms with Gasteiger partial charge in [0, 0.05) is 30.4 Å². The van der Waals surface area contributed by atoms with E-state index in [9.17, 15) is 9.59 Å². The van der Waals surface area contributed by atoms with Gasteiger partial charge < -0.3 is 14.4 Å². The largest absolute Gasteiger partial charge is 0.493 e. The van der Waals surface area contributed by atoms with Crippen LogP contribution in [-0.4, -0.2) is 42.7 Å². The molecule has 6 heteroatoms. The number of rotatable bonds is 5. The molecule has 0 spiro atoms. The van der Waals surface area contributed by atoms with Crippen molar-refractivity contribution in [3.63, 3.8) is 0 Å². The summed E-state index contributed by atoms with van der Waals surface area (Å²) in [5.74, 6) is 0.904. The second-order valence-corrected chi connectivity index (χ2v) is 8.20. The maximum Gasteiger partial charge on any atom is 0.263 e. The van der Waals surface area contributed by atoms with Crippen LogP contribution in [0.5, 0.6) is 11.5 Å². The minimum absolute atomic E-state index is 0.0527. The Labute approximate surface area is 188 Å². The summed E-state index contributed by atoms with van der Waals surface area (Å²) in [7, 11) is 3.09. The molecule has 4 rings (SSSR count). The average Bonchev–Trinajstić information content (AvgIpc) is 3.13. The topological polar surface area (TPSA) is 60.8 Å². The van der Waals surface area contributed by atoms with Crippen LogP contribution in [0.1, 0.15) is 48.5 Å². The van der Waals surface area contributed by atoms with Gasteiger partial charge in [-0.1, -0.05) is 31.9 Å². The van der Waals surface area contributed by atoms with Crippen molar-refractivity contribution in [3.05, 3.63) is 64.1 Å². The summed E-state index contributed by atoms with van der Waals surface area (Å²) in [5, 5.41) is 1.02. The van der Waals surface area contributed by atoms with Crippen LogP contribution >= 0.6 is 0 Å². The van der Waals surface area contributed by atoms with Gasteiger partial charge in [0.2, 0.25) is 0 Å². The number of hydrogen-bond acceptors (Lipinski definition) is 4. The van der Waals surface area contributed by atoms with Gasteiger partial charge >= 0.3 is 0 Å². The van der Waals surface area contributed by atoms with Crippen LogP contribution < -0.4 is 15.0 Å². The Morgan fingerprint density at radius 2 is 1.50 bits per heavy atom. The molecule has 1 aliphatic rings. The molecule has 2 aromatic carbocycles. The van der Waals surface area contributed by atoms with Crippen LogP contribution in [0.15, 0.2) is 47.4 Å². The van der Waals surface area contributed by atoms with Crippen LogP contribution in [-0.2, 0) is 6.42 Å². The fourth-order valence-corrected chi connectivity index (χ4v) is 4.36. The number of nitrogens with zero attached hydrogens (tertiary/aromatic N) is 2. The van der Waals surface area contributed by atoms with Gasteiger partial charge in [0.1, 0.15) is 0 Å². The van der Waals surface area contributed by atoms with Gasteiger partial charge in [0.05, 0.1) is 25.2 Å². The molecule has 3 aromatic rings. The van der Waals surface area contributed by atoms with E-state index in [2.05, 4.69) is 6.92 Å². The third kappa shape index (κ3) is 4.09. The maximum atomic E-state index is 13.7. The van der Waals surface area contributed by atoms with E-state index in [0.717, 1.165) is 50.9 Å². The summed E-state index contributed by atoms with van der Waals surface area (Å²) < 4.78 is 12.5. The van der Waals surface area contributed by atoms with Crippen molar-refractivity contribution in [1.82, 2.24) is 9.47 Å². The van der Waals surface area contributed by atoms with Crippen molar-refractivity contribution >= 4 is 16.7 Å². The number of methoxy groups -OCH3 is 2. The minimum atomic E-state index is -0.197. The number of aromatic nitrogens is 1. The number of aryl methyl sites for hydroxylation is 1. The Hall–Kier alpha value is -3.28. The zero-order chi connectivity index (χ0) is 22.7. The molecule has 168 valence electrons. The van der Waals surface area contributed by atoms with Crippen molar-refractivity contribution in [2.45, 2.75) is 39.0 Å². The Balaban J connectivity index is 1.95. The highest BCUT2D eigenvalue weighted by Gasteiger charge is 2.23. The minimum Gasteiger partial charge on any atom is -0.493 e. The van der Waals surface area contributed by atoms with Crippen molar-refractivity contribution in [1.29, 1.82) is 0 Å². The lowest BCUT2D eigenvalue weighted by atomic mass is 10.0. The number of likely N-dealkylation sites (tertiary alicyclic amines) is 1. The van der Waals surface area contributed by atoms with Gasteiger partial charge in [-0.2, -0.15) is 0 Å². The van der Waals surface area contributed by atoms with E-state index in [1.54, 1.807) is 30.0 Å². The molecule has 1 fully saturated rings. The fraction of sp³-hybridized carbons (Fsp3) is 0.385. The van der Waals surface area contributed by atoms with E-state index in [1.165, 1.54) is 12.7 Å². The third-order valence-corrected chi connectivity index (χ3v) is 6.27. The lowest BCUT2D eigenvalue weighted by Gasteiger charge is -2.22. The molecule has 0 aliphatic carbocycles. The summed E-state index contributed by atoms with van der Waals surface area (Å²) in [6.45, 7) is 3.56. The molecule has 0 radical (unpaired) electrons. The molecule has 1 saturated heterocycles. The molecule has 0 atom stereocenters. The Bertz CT molecular complexity index is 1170. The van der Waals surface area contributed by atoms with Crippen LogP contribution in [0, 0.1) is 0 Å². The lowest BCUT2D eigenvalue weighted by molar-refractivity contribution is 0.0763. The van der Waals surface area contributed by atoms with Crippen molar-refractivity contribution in [3.8, 4) is 17.2 Å². The standard InChI is InChI=1S/C26H30N2O4/c1-4-18-9-11-19(12-10-18)28-17-22(25(29)27-13-7-5-6-8-14-27)20-15-23(31-2)24(32-3)16-21(20)26(28)30/h9-12,15-17H,4-8,13-14H2,1-3H3. The molecular formula is C26H30N2O4. The predicted octanol–water partition coefficient (Wildman–Crippen LogP) is 4.59. The van der Waals surface area contributed by atoms with Crippen molar-refractivity contribution in [2.75, 3.05) is 27.3 Å². The number of fused-ring (bicyclic) bond motifs is 1. The van der Waals surface area contributed by atoms with Crippen LogP contribution in [0.25, 0.3) is 16.5 Å². The van der Waals surface area contributed by atoms with Gasteiger partial charge in [0.25, 0.3) is 11.5 Å². The summed E-state index contributed by atoms with van der Waals surface area (Å²) in [4.78, 5) is 29.1.